The SMILES string of the molecule is COC(=O)[C@H](C(C)C)N1C(=O)C=CC1=O. The molecule has 0 saturated heterocycles. The van der Waals surface area contributed by atoms with Gasteiger partial charge in [-0.2, -0.15) is 0 Å². The highest BCUT2D eigenvalue weighted by atomic mass is 16.5. The predicted octanol–water partition coefficient (Wildman–Crippen LogP) is 0.109. The molecule has 0 aromatic carbocycles. The molecule has 0 fully saturated rings. The van der Waals surface area contributed by atoms with Crippen LogP contribution in [0.25, 0.3) is 0 Å². The molecule has 0 N–H and O–H groups in total. The van der Waals surface area contributed by atoms with Crippen LogP contribution in [0.5, 0.6) is 0 Å². The Bertz CT molecular complexity index is 314. The highest BCUT2D eigenvalue weighted by Gasteiger charge is 2.38. The number of esters is 1. The van der Waals surface area contributed by atoms with E-state index >= 15 is 0 Å². The molecule has 82 valence electrons. The zero-order valence-electron chi connectivity index (χ0n) is 8.89. The van der Waals surface area contributed by atoms with Gasteiger partial charge in [0.2, 0.25) is 0 Å². The smallest absolute Gasteiger partial charge is 0.329 e. The number of rotatable bonds is 3. The topological polar surface area (TPSA) is 63.7 Å². The van der Waals surface area contributed by atoms with E-state index in [1.54, 1.807) is 13.8 Å². The number of carbonyl (C=O) groups is 3. The van der Waals surface area contributed by atoms with Crippen LogP contribution >= 0.6 is 0 Å². The minimum Gasteiger partial charge on any atom is -0.467 e. The number of carbonyl (C=O) groups excluding carboxylic acids is 3. The molecule has 0 unspecified atom stereocenters. The highest BCUT2D eigenvalue weighted by molar-refractivity contribution is 6.14. The first kappa shape index (κ1) is 11.4. The molecule has 15 heavy (non-hydrogen) atoms. The van der Waals surface area contributed by atoms with Gasteiger partial charge in [0.05, 0.1) is 7.11 Å². The van der Waals surface area contributed by atoms with E-state index in [1.165, 1.54) is 7.11 Å². The van der Waals surface area contributed by atoms with E-state index in [0.29, 0.717) is 0 Å². The number of hydrogen-bond donors (Lipinski definition) is 0. The summed E-state index contributed by atoms with van der Waals surface area (Å²) >= 11 is 0. The summed E-state index contributed by atoms with van der Waals surface area (Å²) in [6.45, 7) is 3.50. The third-order valence-corrected chi connectivity index (χ3v) is 2.20. The van der Waals surface area contributed by atoms with E-state index in [-0.39, 0.29) is 5.92 Å². The van der Waals surface area contributed by atoms with Crippen LogP contribution in [0.4, 0.5) is 0 Å². The van der Waals surface area contributed by atoms with Crippen LogP contribution in [0, 0.1) is 5.92 Å². The molecular formula is C10H13NO4. The summed E-state index contributed by atoms with van der Waals surface area (Å²) in [5.41, 5.74) is 0. The van der Waals surface area contributed by atoms with Crippen molar-refractivity contribution in [2.75, 3.05) is 7.11 Å². The number of methoxy groups -OCH3 is 1. The van der Waals surface area contributed by atoms with Crippen LogP contribution in [-0.4, -0.2) is 35.8 Å². The Kier molecular flexibility index (Phi) is 3.24. The first-order chi connectivity index (χ1) is 6.99. The molecule has 0 bridgehead atoms. The molecule has 0 saturated carbocycles. The van der Waals surface area contributed by atoms with Gasteiger partial charge in [-0.15, -0.1) is 0 Å². The second-order valence-corrected chi connectivity index (χ2v) is 3.59. The Morgan fingerprint density at radius 1 is 1.27 bits per heavy atom. The molecule has 0 aromatic rings. The minimum atomic E-state index is -0.843. The van der Waals surface area contributed by atoms with Gasteiger partial charge in [0.1, 0.15) is 6.04 Å². The fourth-order valence-corrected chi connectivity index (χ4v) is 1.48. The summed E-state index contributed by atoms with van der Waals surface area (Å²) in [5, 5.41) is 0. The van der Waals surface area contributed by atoms with Crippen molar-refractivity contribution in [2.45, 2.75) is 19.9 Å². The summed E-state index contributed by atoms with van der Waals surface area (Å²) in [6, 6.07) is -0.843. The van der Waals surface area contributed by atoms with E-state index in [4.69, 9.17) is 0 Å². The lowest BCUT2D eigenvalue weighted by Gasteiger charge is -2.26. The zero-order chi connectivity index (χ0) is 11.6. The number of imide groups is 1. The molecule has 0 aromatic heterocycles. The van der Waals surface area contributed by atoms with Gasteiger partial charge in [0, 0.05) is 12.2 Å². The quantitative estimate of drug-likeness (QED) is 0.491. The van der Waals surface area contributed by atoms with Crippen LogP contribution < -0.4 is 0 Å². The van der Waals surface area contributed by atoms with Crippen molar-refractivity contribution in [1.82, 2.24) is 4.90 Å². The number of hydrogen-bond acceptors (Lipinski definition) is 4. The molecule has 1 rings (SSSR count). The van der Waals surface area contributed by atoms with Crippen LogP contribution in [0.3, 0.4) is 0 Å². The van der Waals surface area contributed by atoms with Crippen molar-refractivity contribution in [3.8, 4) is 0 Å². The second kappa shape index (κ2) is 4.25. The fraction of sp³-hybridized carbons (Fsp3) is 0.500. The summed E-state index contributed by atoms with van der Waals surface area (Å²) in [5.74, 6) is -1.69. The van der Waals surface area contributed by atoms with Gasteiger partial charge in [-0.05, 0) is 5.92 Å². The van der Waals surface area contributed by atoms with Gasteiger partial charge >= 0.3 is 5.97 Å². The predicted molar refractivity (Wildman–Crippen MR) is 51.6 cm³/mol. The lowest BCUT2D eigenvalue weighted by molar-refractivity contribution is -0.157. The highest BCUT2D eigenvalue weighted by Crippen LogP contribution is 2.17. The molecule has 0 radical (unpaired) electrons. The van der Waals surface area contributed by atoms with E-state index < -0.39 is 23.8 Å². The number of nitrogens with zero attached hydrogens (tertiary/aromatic N) is 1. The first-order valence-electron chi connectivity index (χ1n) is 4.62. The molecule has 2 amide bonds. The van der Waals surface area contributed by atoms with Crippen molar-refractivity contribution in [2.24, 2.45) is 5.92 Å². The van der Waals surface area contributed by atoms with Crippen LogP contribution in [-0.2, 0) is 19.1 Å². The van der Waals surface area contributed by atoms with Crippen LogP contribution in [0.1, 0.15) is 13.8 Å². The van der Waals surface area contributed by atoms with Crippen LogP contribution in [0.2, 0.25) is 0 Å². The standard InChI is InChI=1S/C10H13NO4/c1-6(2)9(10(14)15-3)11-7(12)4-5-8(11)13/h4-6,9H,1-3H3/t9-/m0/s1. The largest absolute Gasteiger partial charge is 0.467 e. The molecule has 1 aliphatic heterocycles. The Labute approximate surface area is 87.7 Å². The van der Waals surface area contributed by atoms with Gasteiger partial charge < -0.3 is 4.74 Å². The molecule has 1 aliphatic rings. The van der Waals surface area contributed by atoms with Crippen molar-refractivity contribution < 1.29 is 19.1 Å². The third kappa shape index (κ3) is 2.06. The molecule has 1 heterocycles. The zero-order valence-corrected chi connectivity index (χ0v) is 8.89. The average molecular weight is 211 g/mol. The van der Waals surface area contributed by atoms with Gasteiger partial charge in [-0.3, -0.25) is 14.5 Å². The van der Waals surface area contributed by atoms with Gasteiger partial charge in [0.15, 0.2) is 0 Å². The van der Waals surface area contributed by atoms with Crippen molar-refractivity contribution in [1.29, 1.82) is 0 Å². The average Bonchev–Trinajstić information content (AvgIpc) is 2.49. The molecule has 1 atom stereocenters. The minimum absolute atomic E-state index is 0.176. The van der Waals surface area contributed by atoms with Gasteiger partial charge in [-0.1, -0.05) is 13.8 Å². The summed E-state index contributed by atoms with van der Waals surface area (Å²) in [4.78, 5) is 35.1. The van der Waals surface area contributed by atoms with Crippen molar-refractivity contribution in [3.05, 3.63) is 12.2 Å². The van der Waals surface area contributed by atoms with Crippen molar-refractivity contribution in [3.63, 3.8) is 0 Å². The van der Waals surface area contributed by atoms with E-state index in [0.717, 1.165) is 17.1 Å². The van der Waals surface area contributed by atoms with Crippen LogP contribution in [0.15, 0.2) is 12.2 Å². The van der Waals surface area contributed by atoms with Gasteiger partial charge in [0.25, 0.3) is 11.8 Å². The third-order valence-electron chi connectivity index (χ3n) is 2.20. The molecule has 0 aliphatic carbocycles. The van der Waals surface area contributed by atoms with Crippen molar-refractivity contribution >= 4 is 17.8 Å². The monoisotopic (exact) mass is 211 g/mol. The normalized spacial score (nSPS) is 17.5. The maximum absolute atomic E-state index is 11.4. The number of ether oxygens (including phenoxy) is 1. The van der Waals surface area contributed by atoms with E-state index in [1.807, 2.05) is 0 Å². The Morgan fingerprint density at radius 3 is 2.07 bits per heavy atom. The lowest BCUT2D eigenvalue weighted by atomic mass is 10.0. The molecule has 5 heteroatoms. The molecule has 0 spiro atoms. The Morgan fingerprint density at radius 2 is 1.73 bits per heavy atom. The fourth-order valence-electron chi connectivity index (χ4n) is 1.48. The first-order valence-corrected chi connectivity index (χ1v) is 4.62. The molecule has 5 nitrogen and oxygen atoms in total. The maximum atomic E-state index is 11.4. The Hall–Kier alpha value is -1.65. The summed E-state index contributed by atoms with van der Waals surface area (Å²) < 4.78 is 4.57. The van der Waals surface area contributed by atoms with E-state index in [9.17, 15) is 14.4 Å². The second-order valence-electron chi connectivity index (χ2n) is 3.59. The maximum Gasteiger partial charge on any atom is 0.329 e. The van der Waals surface area contributed by atoms with E-state index in [2.05, 4.69) is 4.74 Å². The molecular weight excluding hydrogens is 198 g/mol. The lowest BCUT2D eigenvalue weighted by Crippen LogP contribution is -2.48. The summed E-state index contributed by atoms with van der Waals surface area (Å²) in [7, 11) is 1.23. The van der Waals surface area contributed by atoms with Gasteiger partial charge in [-0.25, -0.2) is 4.79 Å². The summed E-state index contributed by atoms with van der Waals surface area (Å²) in [6.07, 6.45) is 2.31. The number of amides is 2. The Balaban J connectivity index is 2.95.